The zero-order chi connectivity index (χ0) is 14.7. The molecule has 0 aliphatic heterocycles. The maximum absolute atomic E-state index is 11.7. The molecule has 106 valence electrons. The van der Waals surface area contributed by atoms with Crippen molar-refractivity contribution >= 4 is 20.1 Å². The molecule has 0 aromatic rings. The second-order valence-electron chi connectivity index (χ2n) is 6.04. The Hall–Kier alpha value is -0.723. The molecule has 0 aromatic heterocycles. The highest BCUT2D eigenvalue weighted by atomic mass is 28.4. The molecule has 0 aliphatic carbocycles. The van der Waals surface area contributed by atoms with Crippen molar-refractivity contribution in [2.24, 2.45) is 0 Å². The van der Waals surface area contributed by atoms with Crippen LogP contribution in [0.5, 0.6) is 0 Å². The zero-order valence-corrected chi connectivity index (χ0v) is 13.0. The Morgan fingerprint density at radius 3 is 2.06 bits per heavy atom. The van der Waals surface area contributed by atoms with Gasteiger partial charge in [-0.25, -0.2) is 4.79 Å². The number of aliphatic hydroxyl groups is 1. The molecule has 0 heterocycles. The van der Waals surface area contributed by atoms with Crippen LogP contribution in [0.3, 0.4) is 0 Å². The molecule has 0 bridgehead atoms. The van der Waals surface area contributed by atoms with Gasteiger partial charge >= 0.3 is 5.97 Å². The number of hydrogen-bond acceptors (Lipinski definition) is 4. The van der Waals surface area contributed by atoms with Gasteiger partial charge in [-0.3, -0.25) is 4.79 Å². The number of hydrogen-bond donors (Lipinski definition) is 2. The highest BCUT2D eigenvalue weighted by Gasteiger charge is 2.39. The lowest BCUT2D eigenvalue weighted by atomic mass is 10.1. The Kier molecular flexibility index (Phi) is 5.71. The Labute approximate surface area is 109 Å². The van der Waals surface area contributed by atoms with Gasteiger partial charge in [-0.15, -0.1) is 0 Å². The number of carbonyl (C=O) groups is 2. The molecule has 0 rings (SSSR count). The van der Waals surface area contributed by atoms with Crippen LogP contribution in [0, 0.1) is 0 Å². The lowest BCUT2D eigenvalue weighted by Gasteiger charge is -2.38. The molecule has 2 N–H and O–H groups in total. The Bertz CT molecular complexity index is 319. The van der Waals surface area contributed by atoms with E-state index in [0.29, 0.717) is 0 Å². The third-order valence-corrected chi connectivity index (χ3v) is 7.97. The fourth-order valence-electron chi connectivity index (χ4n) is 1.13. The van der Waals surface area contributed by atoms with Crippen LogP contribution in [0.4, 0.5) is 0 Å². The lowest BCUT2D eigenvalue weighted by Crippen LogP contribution is -2.45. The molecule has 0 saturated carbocycles. The summed E-state index contributed by atoms with van der Waals surface area (Å²) in [6, 6.07) is 0. The van der Waals surface area contributed by atoms with Crippen molar-refractivity contribution in [3.8, 4) is 0 Å². The Morgan fingerprint density at radius 2 is 1.72 bits per heavy atom. The molecule has 0 aromatic carbocycles. The average molecular weight is 276 g/mol. The van der Waals surface area contributed by atoms with E-state index < -0.39 is 32.9 Å². The van der Waals surface area contributed by atoms with E-state index in [4.69, 9.17) is 14.6 Å². The van der Waals surface area contributed by atoms with E-state index >= 15 is 0 Å². The van der Waals surface area contributed by atoms with Crippen LogP contribution in [0.25, 0.3) is 0 Å². The average Bonchev–Trinajstić information content (AvgIpc) is 2.14. The predicted molar refractivity (Wildman–Crippen MR) is 71.0 cm³/mol. The first-order chi connectivity index (χ1) is 7.88. The minimum absolute atomic E-state index is 0.0209. The van der Waals surface area contributed by atoms with Crippen LogP contribution in [0.2, 0.25) is 18.1 Å². The third-order valence-electron chi connectivity index (χ3n) is 3.41. The second-order valence-corrected chi connectivity index (χ2v) is 10.8. The summed E-state index contributed by atoms with van der Waals surface area (Å²) in [5.41, 5.74) is 0. The van der Waals surface area contributed by atoms with Crippen molar-refractivity contribution in [3.63, 3.8) is 0 Å². The molecule has 0 spiro atoms. The van der Waals surface area contributed by atoms with Crippen LogP contribution in [-0.4, -0.2) is 42.5 Å². The number of aliphatic carboxylic acids is 1. The standard InChI is InChI=1S/C12H24O5Si/c1-8(9(13)7-10(14)11(15)16)17-18(5,6)12(2,3)4/h8,10,14H,7H2,1-6H3,(H,15,16)/t8-,10+/m0/s1. The first-order valence-electron chi connectivity index (χ1n) is 6.00. The van der Waals surface area contributed by atoms with Crippen LogP contribution in [0.1, 0.15) is 34.1 Å². The molecule has 0 radical (unpaired) electrons. The van der Waals surface area contributed by atoms with Crippen LogP contribution in [-0.2, 0) is 14.0 Å². The maximum Gasteiger partial charge on any atom is 0.332 e. The SMILES string of the molecule is C[C@H](O[Si](C)(C)C(C)(C)C)C(=O)C[C@@H](O)C(=O)O. The second kappa shape index (κ2) is 5.95. The molecule has 2 atom stereocenters. The van der Waals surface area contributed by atoms with E-state index in [9.17, 15) is 9.59 Å². The topological polar surface area (TPSA) is 83.8 Å². The molecule has 0 aliphatic rings. The van der Waals surface area contributed by atoms with E-state index in [1.807, 2.05) is 13.1 Å². The highest BCUT2D eigenvalue weighted by Crippen LogP contribution is 2.37. The van der Waals surface area contributed by atoms with Gasteiger partial charge in [0.15, 0.2) is 20.2 Å². The van der Waals surface area contributed by atoms with Gasteiger partial charge in [-0.05, 0) is 25.1 Å². The van der Waals surface area contributed by atoms with E-state index in [0.717, 1.165) is 0 Å². The number of aliphatic hydroxyl groups excluding tert-OH is 1. The van der Waals surface area contributed by atoms with Crippen molar-refractivity contribution in [3.05, 3.63) is 0 Å². The number of carbonyl (C=O) groups excluding carboxylic acids is 1. The summed E-state index contributed by atoms with van der Waals surface area (Å²) in [6.07, 6.45) is -2.74. The summed E-state index contributed by atoms with van der Waals surface area (Å²) in [4.78, 5) is 22.2. The van der Waals surface area contributed by atoms with E-state index in [-0.39, 0.29) is 10.8 Å². The summed E-state index contributed by atoms with van der Waals surface area (Å²) in [5, 5.41) is 17.7. The van der Waals surface area contributed by atoms with E-state index in [1.165, 1.54) is 0 Å². The number of carboxylic acid groups (broad SMARTS) is 1. The quantitative estimate of drug-likeness (QED) is 0.723. The van der Waals surface area contributed by atoms with E-state index in [1.54, 1.807) is 6.92 Å². The summed E-state index contributed by atoms with van der Waals surface area (Å²) in [5.74, 6) is -1.77. The van der Waals surface area contributed by atoms with Gasteiger partial charge < -0.3 is 14.6 Å². The molecular weight excluding hydrogens is 252 g/mol. The largest absolute Gasteiger partial charge is 0.479 e. The van der Waals surface area contributed by atoms with Crippen molar-refractivity contribution in [1.82, 2.24) is 0 Å². The summed E-state index contributed by atoms with van der Waals surface area (Å²) in [6.45, 7) is 11.8. The number of carboxylic acids is 1. The van der Waals surface area contributed by atoms with Gasteiger partial charge in [0, 0.05) is 6.42 Å². The Morgan fingerprint density at radius 1 is 1.28 bits per heavy atom. The maximum atomic E-state index is 11.7. The van der Waals surface area contributed by atoms with Gasteiger partial charge in [0.1, 0.15) is 6.10 Å². The van der Waals surface area contributed by atoms with Crippen molar-refractivity contribution in [2.45, 2.75) is 64.5 Å². The smallest absolute Gasteiger partial charge is 0.332 e. The molecule has 0 fully saturated rings. The fraction of sp³-hybridized carbons (Fsp3) is 0.833. The minimum Gasteiger partial charge on any atom is -0.479 e. The first-order valence-corrected chi connectivity index (χ1v) is 8.90. The molecule has 18 heavy (non-hydrogen) atoms. The minimum atomic E-state index is -2.06. The van der Waals surface area contributed by atoms with Gasteiger partial charge in [-0.2, -0.15) is 0 Å². The molecule has 0 saturated heterocycles. The molecule has 0 amide bonds. The van der Waals surface area contributed by atoms with Crippen molar-refractivity contribution in [2.75, 3.05) is 0 Å². The monoisotopic (exact) mass is 276 g/mol. The molecular formula is C12H24O5Si. The van der Waals surface area contributed by atoms with E-state index in [2.05, 4.69) is 20.8 Å². The zero-order valence-electron chi connectivity index (χ0n) is 12.0. The first kappa shape index (κ1) is 17.3. The molecule has 5 nitrogen and oxygen atoms in total. The predicted octanol–water partition coefficient (Wildman–Crippen LogP) is 1.80. The summed E-state index contributed by atoms with van der Waals surface area (Å²) >= 11 is 0. The third kappa shape index (κ3) is 4.87. The summed E-state index contributed by atoms with van der Waals surface area (Å²) < 4.78 is 5.83. The van der Waals surface area contributed by atoms with Crippen LogP contribution in [0.15, 0.2) is 0 Å². The number of rotatable bonds is 6. The van der Waals surface area contributed by atoms with Gasteiger partial charge in [0.2, 0.25) is 0 Å². The van der Waals surface area contributed by atoms with Gasteiger partial charge in [-0.1, -0.05) is 20.8 Å². The number of Topliss-reactive ketones (excluding diaryl/α,β-unsaturated/α-hetero) is 1. The van der Waals surface area contributed by atoms with Crippen LogP contribution >= 0.6 is 0 Å². The lowest BCUT2D eigenvalue weighted by molar-refractivity contribution is -0.149. The van der Waals surface area contributed by atoms with Crippen LogP contribution < -0.4 is 0 Å². The van der Waals surface area contributed by atoms with Crippen molar-refractivity contribution < 1.29 is 24.2 Å². The normalized spacial score (nSPS) is 16.2. The highest BCUT2D eigenvalue weighted by molar-refractivity contribution is 6.74. The fourth-order valence-corrected chi connectivity index (χ4v) is 2.50. The summed E-state index contributed by atoms with van der Waals surface area (Å²) in [7, 11) is -2.06. The molecule has 0 unspecified atom stereocenters. The molecule has 6 heteroatoms. The van der Waals surface area contributed by atoms with Gasteiger partial charge in [0.25, 0.3) is 0 Å². The Balaban J connectivity index is 4.55. The number of ketones is 1. The van der Waals surface area contributed by atoms with Crippen molar-refractivity contribution in [1.29, 1.82) is 0 Å². The van der Waals surface area contributed by atoms with Gasteiger partial charge in [0.05, 0.1) is 0 Å².